The third kappa shape index (κ3) is 7.17. The van der Waals surface area contributed by atoms with Gasteiger partial charge < -0.3 is 18.9 Å². The largest absolute Gasteiger partial charge is 0.464 e. The number of aromatic nitrogens is 1. The van der Waals surface area contributed by atoms with E-state index in [0.717, 1.165) is 11.3 Å². The van der Waals surface area contributed by atoms with E-state index in [1.54, 1.807) is 38.3 Å². The first-order valence-corrected chi connectivity index (χ1v) is 15.3. The first kappa shape index (κ1) is 28.6. The van der Waals surface area contributed by atoms with Crippen LogP contribution in [0.1, 0.15) is 69.9 Å². The van der Waals surface area contributed by atoms with Gasteiger partial charge in [0.15, 0.2) is 27.2 Å². The maximum absolute atomic E-state index is 13.4. The van der Waals surface area contributed by atoms with Crippen LogP contribution in [0.3, 0.4) is 0 Å². The van der Waals surface area contributed by atoms with E-state index in [4.69, 9.17) is 18.9 Å². The molecule has 1 saturated heterocycles. The first-order chi connectivity index (χ1) is 18.2. The molecule has 1 amide bonds. The number of carbonyl (C=O) groups is 2. The molecule has 12 heteroatoms. The molecular weight excluding hydrogens is 532 g/mol. The Morgan fingerprint density at radius 1 is 1.11 bits per heavy atom. The lowest BCUT2D eigenvalue weighted by molar-refractivity contribution is -0.160. The van der Waals surface area contributed by atoms with Crippen molar-refractivity contribution in [1.82, 2.24) is 4.98 Å². The highest BCUT2D eigenvalue weighted by Gasteiger charge is 2.37. The van der Waals surface area contributed by atoms with E-state index in [1.165, 1.54) is 12.1 Å². The summed E-state index contributed by atoms with van der Waals surface area (Å²) in [7, 11) is -3.35. The molecule has 1 aliphatic carbocycles. The average Bonchev–Trinajstić information content (AvgIpc) is 3.67. The van der Waals surface area contributed by atoms with Crippen molar-refractivity contribution in [2.75, 3.05) is 25.1 Å². The summed E-state index contributed by atoms with van der Waals surface area (Å²) in [6.07, 6.45) is 0.221. The van der Waals surface area contributed by atoms with Gasteiger partial charge in [-0.1, -0.05) is 12.1 Å². The zero-order valence-corrected chi connectivity index (χ0v) is 23.4. The molecule has 208 valence electrons. The van der Waals surface area contributed by atoms with Gasteiger partial charge in [0.05, 0.1) is 34.7 Å². The highest BCUT2D eigenvalue weighted by molar-refractivity contribution is 7.92. The molecule has 1 aromatic heterocycles. The number of nitrogens with one attached hydrogen (secondary N) is 1. The molecule has 0 radical (unpaired) electrons. The fourth-order valence-corrected chi connectivity index (χ4v) is 6.45. The molecule has 2 aliphatic rings. The summed E-state index contributed by atoms with van der Waals surface area (Å²) in [6.45, 7) is 6.61. The molecule has 38 heavy (non-hydrogen) atoms. The van der Waals surface area contributed by atoms with Crippen molar-refractivity contribution in [3.8, 4) is 0 Å². The van der Waals surface area contributed by atoms with Crippen LogP contribution >= 0.6 is 11.3 Å². The van der Waals surface area contributed by atoms with Crippen LogP contribution in [0, 0.1) is 0 Å². The summed E-state index contributed by atoms with van der Waals surface area (Å²) in [5.41, 5.74) is 0.877. The molecule has 2 fully saturated rings. The van der Waals surface area contributed by atoms with Gasteiger partial charge in [-0.2, -0.15) is 0 Å². The Labute approximate surface area is 226 Å². The molecule has 1 N–H and O–H groups in total. The Balaban J connectivity index is 1.53. The third-order valence-electron chi connectivity index (χ3n) is 6.14. The number of sulfone groups is 1. The van der Waals surface area contributed by atoms with Gasteiger partial charge >= 0.3 is 5.97 Å². The van der Waals surface area contributed by atoms with Crippen LogP contribution in [0.25, 0.3) is 0 Å². The van der Waals surface area contributed by atoms with Crippen LogP contribution in [-0.4, -0.2) is 62.6 Å². The van der Waals surface area contributed by atoms with Crippen molar-refractivity contribution in [2.45, 2.75) is 81.0 Å². The van der Waals surface area contributed by atoms with E-state index in [-0.39, 0.29) is 34.1 Å². The molecule has 0 spiro atoms. The van der Waals surface area contributed by atoms with Gasteiger partial charge in [0.25, 0.3) is 5.91 Å². The molecule has 1 aliphatic heterocycles. The lowest BCUT2D eigenvalue weighted by Gasteiger charge is -2.27. The Kier molecular flexibility index (Phi) is 9.53. The zero-order valence-electron chi connectivity index (χ0n) is 21.8. The fraction of sp³-hybridized carbons (Fsp3) is 0.577. The van der Waals surface area contributed by atoms with Crippen molar-refractivity contribution in [1.29, 1.82) is 0 Å². The number of hydrogen-bond donors (Lipinski definition) is 1. The van der Waals surface area contributed by atoms with E-state index >= 15 is 0 Å². The van der Waals surface area contributed by atoms with Crippen molar-refractivity contribution in [3.05, 3.63) is 40.9 Å². The molecule has 1 aromatic carbocycles. The van der Waals surface area contributed by atoms with E-state index < -0.39 is 33.9 Å². The Hall–Kier alpha value is -2.38. The number of esters is 1. The van der Waals surface area contributed by atoms with Gasteiger partial charge in [-0.3, -0.25) is 10.1 Å². The number of ether oxygens (including phenoxy) is 4. The molecule has 4 rings (SSSR count). The summed E-state index contributed by atoms with van der Waals surface area (Å²) in [6, 6.07) is 6.31. The van der Waals surface area contributed by atoms with Crippen LogP contribution < -0.4 is 5.32 Å². The molecule has 2 unspecified atom stereocenters. The fourth-order valence-electron chi connectivity index (χ4n) is 4.07. The number of benzene rings is 1. The molecule has 10 nitrogen and oxygen atoms in total. The molecule has 2 atom stereocenters. The summed E-state index contributed by atoms with van der Waals surface area (Å²) < 4.78 is 47.7. The third-order valence-corrected chi connectivity index (χ3v) is 9.19. The lowest BCUT2D eigenvalue weighted by atomic mass is 10.1. The monoisotopic (exact) mass is 566 g/mol. The number of nitrogens with zero attached hydrogens (tertiary/aromatic N) is 1. The normalized spacial score (nSPS) is 18.2. The SMILES string of the molecule is CCOC(=O)C(OC(C)C)c1csc(NC(=O)C(OC2CCOCC2)c2ccc(S(=O)(=O)C3CC3)cc2)n1. The van der Waals surface area contributed by atoms with Crippen molar-refractivity contribution in [3.63, 3.8) is 0 Å². The van der Waals surface area contributed by atoms with E-state index in [9.17, 15) is 18.0 Å². The van der Waals surface area contributed by atoms with Crippen LogP contribution in [0.5, 0.6) is 0 Å². The lowest BCUT2D eigenvalue weighted by Crippen LogP contribution is -2.31. The molecule has 0 bridgehead atoms. The van der Waals surface area contributed by atoms with Gasteiger partial charge in [-0.05, 0) is 64.2 Å². The summed E-state index contributed by atoms with van der Waals surface area (Å²) in [4.78, 5) is 30.5. The second kappa shape index (κ2) is 12.6. The quantitative estimate of drug-likeness (QED) is 0.379. The predicted molar refractivity (Wildman–Crippen MR) is 141 cm³/mol. The topological polar surface area (TPSA) is 130 Å². The molecule has 2 heterocycles. The number of amides is 1. The number of hydrogen-bond acceptors (Lipinski definition) is 10. The Morgan fingerprint density at radius 2 is 1.79 bits per heavy atom. The number of rotatable bonds is 12. The molecular formula is C26H34N2O8S2. The average molecular weight is 567 g/mol. The van der Waals surface area contributed by atoms with Crippen LogP contribution in [0.4, 0.5) is 5.13 Å². The van der Waals surface area contributed by atoms with E-state index in [0.29, 0.717) is 50.2 Å². The first-order valence-electron chi connectivity index (χ1n) is 12.8. The van der Waals surface area contributed by atoms with E-state index in [2.05, 4.69) is 10.3 Å². The minimum Gasteiger partial charge on any atom is -0.464 e. The van der Waals surface area contributed by atoms with E-state index in [1.807, 2.05) is 0 Å². The minimum absolute atomic E-state index is 0.186. The van der Waals surface area contributed by atoms with Crippen molar-refractivity contribution in [2.24, 2.45) is 0 Å². The minimum atomic E-state index is -3.35. The summed E-state index contributed by atoms with van der Waals surface area (Å²) in [5, 5.41) is 4.39. The van der Waals surface area contributed by atoms with Crippen molar-refractivity contribution >= 4 is 38.2 Å². The number of carbonyl (C=O) groups excluding carboxylic acids is 2. The highest BCUT2D eigenvalue weighted by Crippen LogP contribution is 2.34. The molecule has 1 saturated carbocycles. The maximum Gasteiger partial charge on any atom is 0.341 e. The summed E-state index contributed by atoms with van der Waals surface area (Å²) >= 11 is 1.16. The Bertz CT molecular complexity index is 1200. The van der Waals surface area contributed by atoms with Gasteiger partial charge in [0.1, 0.15) is 0 Å². The van der Waals surface area contributed by atoms with Crippen LogP contribution in [-0.2, 0) is 38.4 Å². The van der Waals surface area contributed by atoms with Crippen LogP contribution in [0.15, 0.2) is 34.5 Å². The predicted octanol–water partition coefficient (Wildman–Crippen LogP) is 3.98. The Morgan fingerprint density at radius 3 is 2.39 bits per heavy atom. The van der Waals surface area contributed by atoms with Crippen molar-refractivity contribution < 1.29 is 37.0 Å². The second-order valence-electron chi connectivity index (χ2n) is 9.52. The highest BCUT2D eigenvalue weighted by atomic mass is 32.2. The second-order valence-corrected chi connectivity index (χ2v) is 12.6. The standard InChI is InChI=1S/C26H34N2O8S2/c1-4-34-25(30)23(35-16(2)3)21-15-37-26(27-21)28-24(29)22(36-18-11-13-33-14-12-18)17-5-7-19(8-6-17)38(31,32)20-9-10-20/h5-8,15-16,18,20,22-23H,4,9-14H2,1-3H3,(H,27,28,29). The zero-order chi connectivity index (χ0) is 27.3. The number of thiazole rings is 1. The molecule has 2 aromatic rings. The van der Waals surface area contributed by atoms with Crippen LogP contribution in [0.2, 0.25) is 0 Å². The van der Waals surface area contributed by atoms with Gasteiger partial charge in [0, 0.05) is 18.6 Å². The summed E-state index contributed by atoms with van der Waals surface area (Å²) in [5.74, 6) is -1.00. The van der Waals surface area contributed by atoms with Gasteiger partial charge in [0.2, 0.25) is 0 Å². The van der Waals surface area contributed by atoms with Gasteiger partial charge in [-0.25, -0.2) is 18.2 Å². The number of anilines is 1. The van der Waals surface area contributed by atoms with Gasteiger partial charge in [-0.15, -0.1) is 11.3 Å². The smallest absolute Gasteiger partial charge is 0.341 e. The maximum atomic E-state index is 13.4.